The number of anilines is 1. The predicted molar refractivity (Wildman–Crippen MR) is 66.6 cm³/mol. The van der Waals surface area contributed by atoms with E-state index in [2.05, 4.69) is 5.32 Å². The molecule has 0 heterocycles. The highest BCUT2D eigenvalue weighted by atomic mass is 19.1. The lowest BCUT2D eigenvalue weighted by molar-refractivity contribution is 0.469. The average Bonchev–Trinajstić information content (AvgIpc) is 2.30. The highest BCUT2D eigenvalue weighted by Crippen LogP contribution is 2.22. The zero-order valence-corrected chi connectivity index (χ0v) is 9.57. The molecule has 2 N–H and O–H groups in total. The van der Waals surface area contributed by atoms with Crippen molar-refractivity contribution in [1.29, 1.82) is 0 Å². The summed E-state index contributed by atoms with van der Waals surface area (Å²) in [6, 6.07) is 12.0. The molecular weight excluding hydrogens is 217 g/mol. The van der Waals surface area contributed by atoms with Crippen molar-refractivity contribution in [3.63, 3.8) is 0 Å². The molecule has 88 valence electrons. The summed E-state index contributed by atoms with van der Waals surface area (Å²) in [5.41, 5.74) is 2.08. The van der Waals surface area contributed by atoms with Gasteiger partial charge in [0.25, 0.3) is 0 Å². The first-order valence-corrected chi connectivity index (χ1v) is 5.44. The second-order valence-electron chi connectivity index (χ2n) is 3.91. The van der Waals surface area contributed by atoms with Crippen LogP contribution in [0.1, 0.15) is 11.1 Å². The molecule has 0 radical (unpaired) electrons. The molecular formula is C14H14FNO. The van der Waals surface area contributed by atoms with Crippen molar-refractivity contribution in [3.8, 4) is 5.75 Å². The zero-order chi connectivity index (χ0) is 12.3. The molecule has 2 aromatic carbocycles. The summed E-state index contributed by atoms with van der Waals surface area (Å²) in [5, 5.41) is 12.6. The zero-order valence-electron chi connectivity index (χ0n) is 9.57. The van der Waals surface area contributed by atoms with Gasteiger partial charge in [-0.2, -0.15) is 0 Å². The molecule has 0 atom stereocenters. The molecule has 2 nitrogen and oxygen atoms in total. The molecule has 0 unspecified atom stereocenters. The van der Waals surface area contributed by atoms with Crippen LogP contribution in [0.25, 0.3) is 0 Å². The van der Waals surface area contributed by atoms with Gasteiger partial charge in [0, 0.05) is 12.1 Å². The van der Waals surface area contributed by atoms with Crippen LogP contribution >= 0.6 is 0 Å². The third kappa shape index (κ3) is 2.56. The number of phenols is 1. The molecule has 0 aliphatic rings. The topological polar surface area (TPSA) is 32.3 Å². The lowest BCUT2D eigenvalue weighted by Gasteiger charge is -2.11. The summed E-state index contributed by atoms with van der Waals surface area (Å²) in [4.78, 5) is 0. The minimum absolute atomic E-state index is 0.217. The Labute approximate surface area is 99.7 Å². The number of hydrogen-bond acceptors (Lipinski definition) is 2. The van der Waals surface area contributed by atoms with Gasteiger partial charge in [0.1, 0.15) is 11.6 Å². The van der Waals surface area contributed by atoms with Gasteiger partial charge in [-0.25, -0.2) is 4.39 Å². The number of halogens is 1. The number of aromatic hydroxyl groups is 1. The maximum atomic E-state index is 13.5. The van der Waals surface area contributed by atoms with E-state index in [1.54, 1.807) is 24.3 Å². The van der Waals surface area contributed by atoms with E-state index in [0.717, 1.165) is 11.1 Å². The highest BCUT2D eigenvalue weighted by molar-refractivity contribution is 5.52. The van der Waals surface area contributed by atoms with Crippen LogP contribution in [0.4, 0.5) is 10.1 Å². The van der Waals surface area contributed by atoms with Gasteiger partial charge in [-0.1, -0.05) is 30.3 Å². The van der Waals surface area contributed by atoms with E-state index in [9.17, 15) is 9.50 Å². The quantitative estimate of drug-likeness (QED) is 0.848. The van der Waals surface area contributed by atoms with Crippen LogP contribution in [0, 0.1) is 12.7 Å². The van der Waals surface area contributed by atoms with Crippen molar-refractivity contribution in [2.24, 2.45) is 0 Å². The Morgan fingerprint density at radius 2 is 1.88 bits per heavy atom. The number of nitrogens with one attached hydrogen (secondary N) is 1. The van der Waals surface area contributed by atoms with Crippen molar-refractivity contribution >= 4 is 5.69 Å². The summed E-state index contributed by atoms with van der Waals surface area (Å²) >= 11 is 0. The minimum Gasteiger partial charge on any atom is -0.508 e. The molecule has 3 heteroatoms. The maximum absolute atomic E-state index is 13.5. The van der Waals surface area contributed by atoms with Crippen LogP contribution in [0.2, 0.25) is 0 Å². The van der Waals surface area contributed by atoms with Gasteiger partial charge in [-0.05, 0) is 24.6 Å². The monoisotopic (exact) mass is 231 g/mol. The molecule has 0 aromatic heterocycles. The van der Waals surface area contributed by atoms with Crippen molar-refractivity contribution in [3.05, 3.63) is 59.4 Å². The molecule has 0 bridgehead atoms. The Hall–Kier alpha value is -2.03. The summed E-state index contributed by atoms with van der Waals surface area (Å²) in [5.74, 6) is -0.0607. The standard InChI is InChI=1S/C14H14FNO/c1-10-5-4-7-12(15)14(10)16-9-11-6-2-3-8-13(11)17/h2-8,16-17H,9H2,1H3. The maximum Gasteiger partial charge on any atom is 0.146 e. The molecule has 0 fully saturated rings. The molecule has 0 saturated carbocycles. The molecule has 0 aliphatic carbocycles. The first kappa shape index (κ1) is 11.5. The van der Waals surface area contributed by atoms with Gasteiger partial charge in [0.05, 0.1) is 5.69 Å². The van der Waals surface area contributed by atoms with Crippen LogP contribution in [0.15, 0.2) is 42.5 Å². The van der Waals surface area contributed by atoms with Gasteiger partial charge < -0.3 is 10.4 Å². The largest absolute Gasteiger partial charge is 0.508 e. The number of rotatable bonds is 3. The van der Waals surface area contributed by atoms with Crippen molar-refractivity contribution in [2.75, 3.05) is 5.32 Å². The van der Waals surface area contributed by atoms with E-state index in [1.807, 2.05) is 19.1 Å². The molecule has 0 aliphatic heterocycles. The fourth-order valence-corrected chi connectivity index (χ4v) is 1.70. The summed E-state index contributed by atoms with van der Waals surface area (Å²) in [6.45, 7) is 2.24. The fraction of sp³-hybridized carbons (Fsp3) is 0.143. The normalized spacial score (nSPS) is 10.2. The molecule has 0 amide bonds. The van der Waals surface area contributed by atoms with E-state index < -0.39 is 0 Å². The Morgan fingerprint density at radius 3 is 2.59 bits per heavy atom. The van der Waals surface area contributed by atoms with Crippen molar-refractivity contribution in [1.82, 2.24) is 0 Å². The van der Waals surface area contributed by atoms with Crippen LogP contribution in [0.5, 0.6) is 5.75 Å². The van der Waals surface area contributed by atoms with E-state index in [-0.39, 0.29) is 11.6 Å². The van der Waals surface area contributed by atoms with E-state index in [4.69, 9.17) is 0 Å². The third-order valence-corrected chi connectivity index (χ3v) is 2.67. The van der Waals surface area contributed by atoms with Crippen molar-refractivity contribution in [2.45, 2.75) is 13.5 Å². The Balaban J connectivity index is 2.16. The fourth-order valence-electron chi connectivity index (χ4n) is 1.70. The lowest BCUT2D eigenvalue weighted by Crippen LogP contribution is -2.03. The summed E-state index contributed by atoms with van der Waals surface area (Å²) < 4.78 is 13.5. The third-order valence-electron chi connectivity index (χ3n) is 2.67. The van der Waals surface area contributed by atoms with Crippen LogP contribution in [0.3, 0.4) is 0 Å². The highest BCUT2D eigenvalue weighted by Gasteiger charge is 2.05. The second kappa shape index (κ2) is 4.87. The van der Waals surface area contributed by atoms with Gasteiger partial charge in [-0.3, -0.25) is 0 Å². The van der Waals surface area contributed by atoms with Gasteiger partial charge in [-0.15, -0.1) is 0 Å². The van der Waals surface area contributed by atoms with Crippen LogP contribution in [-0.4, -0.2) is 5.11 Å². The van der Waals surface area contributed by atoms with Gasteiger partial charge in [0.2, 0.25) is 0 Å². The average molecular weight is 231 g/mol. The number of phenolic OH excluding ortho intramolecular Hbond substituents is 1. The van der Waals surface area contributed by atoms with Crippen LogP contribution < -0.4 is 5.32 Å². The van der Waals surface area contributed by atoms with Crippen LogP contribution in [-0.2, 0) is 6.54 Å². The number of aryl methyl sites for hydroxylation is 1. The lowest BCUT2D eigenvalue weighted by atomic mass is 10.1. The molecule has 2 rings (SSSR count). The Bertz CT molecular complexity index is 505. The van der Waals surface area contributed by atoms with Gasteiger partial charge in [0.15, 0.2) is 0 Å². The Kier molecular flexibility index (Phi) is 3.28. The molecule has 0 saturated heterocycles. The predicted octanol–water partition coefficient (Wildman–Crippen LogP) is 3.45. The first-order chi connectivity index (χ1) is 8.18. The van der Waals surface area contributed by atoms with E-state index in [0.29, 0.717) is 12.2 Å². The summed E-state index contributed by atoms with van der Waals surface area (Å²) in [6.07, 6.45) is 0. The van der Waals surface area contributed by atoms with Gasteiger partial charge >= 0.3 is 0 Å². The van der Waals surface area contributed by atoms with E-state index in [1.165, 1.54) is 6.07 Å². The van der Waals surface area contributed by atoms with Crippen molar-refractivity contribution < 1.29 is 9.50 Å². The first-order valence-electron chi connectivity index (χ1n) is 5.44. The number of hydrogen-bond donors (Lipinski definition) is 2. The minimum atomic E-state index is -0.277. The SMILES string of the molecule is Cc1cccc(F)c1NCc1ccccc1O. The van der Waals surface area contributed by atoms with E-state index >= 15 is 0 Å². The smallest absolute Gasteiger partial charge is 0.146 e. The Morgan fingerprint density at radius 1 is 1.12 bits per heavy atom. The molecule has 2 aromatic rings. The molecule has 0 spiro atoms. The second-order valence-corrected chi connectivity index (χ2v) is 3.91. The number of para-hydroxylation sites is 2. The summed E-state index contributed by atoms with van der Waals surface area (Å²) in [7, 11) is 0. The molecule has 17 heavy (non-hydrogen) atoms. The number of benzene rings is 2.